The van der Waals surface area contributed by atoms with Gasteiger partial charge in [-0.3, -0.25) is 4.79 Å². The zero-order chi connectivity index (χ0) is 18.6. The zero-order valence-electron chi connectivity index (χ0n) is 14.8. The van der Waals surface area contributed by atoms with Crippen molar-refractivity contribution in [2.75, 3.05) is 18.1 Å². The highest BCUT2D eigenvalue weighted by Gasteiger charge is 2.35. The molecule has 1 fully saturated rings. The molecule has 0 radical (unpaired) electrons. The van der Waals surface area contributed by atoms with Gasteiger partial charge in [0.05, 0.1) is 24.7 Å². The van der Waals surface area contributed by atoms with E-state index in [0.29, 0.717) is 25.1 Å². The highest BCUT2D eigenvalue weighted by molar-refractivity contribution is 7.91. The number of amides is 1. The monoisotopic (exact) mass is 393 g/mol. The molecule has 140 valence electrons. The fraction of sp³-hybridized carbons (Fsp3) is 0.421. The maximum absolute atomic E-state index is 13.1. The van der Waals surface area contributed by atoms with Crippen LogP contribution >= 0.6 is 11.3 Å². The third-order valence-corrected chi connectivity index (χ3v) is 7.00. The van der Waals surface area contributed by atoms with Gasteiger partial charge in [0.2, 0.25) is 0 Å². The number of benzene rings is 1. The van der Waals surface area contributed by atoms with Crippen molar-refractivity contribution in [2.45, 2.75) is 32.4 Å². The summed E-state index contributed by atoms with van der Waals surface area (Å²) in [6.07, 6.45) is 1.42. The summed E-state index contributed by atoms with van der Waals surface area (Å²) in [4.78, 5) is 15.8. The largest absolute Gasteiger partial charge is 0.494 e. The Labute approximate surface area is 158 Å². The van der Waals surface area contributed by atoms with Gasteiger partial charge in [-0.1, -0.05) is 13.0 Å². The molecule has 1 aliphatic heterocycles. The molecule has 1 saturated heterocycles. The molecule has 0 N–H and O–H groups in total. The quantitative estimate of drug-likeness (QED) is 0.724. The van der Waals surface area contributed by atoms with Crippen molar-refractivity contribution in [3.63, 3.8) is 0 Å². The molecule has 0 bridgehead atoms. The number of rotatable bonds is 7. The number of sulfone groups is 1. The van der Waals surface area contributed by atoms with Crippen molar-refractivity contribution in [3.8, 4) is 5.75 Å². The number of hydrogen-bond donors (Lipinski definition) is 0. The average molecular weight is 394 g/mol. The lowest BCUT2D eigenvalue weighted by molar-refractivity contribution is 0.0683. The third kappa shape index (κ3) is 4.65. The minimum atomic E-state index is -3.06. The molecule has 3 rings (SSSR count). The summed E-state index contributed by atoms with van der Waals surface area (Å²) in [5, 5.41) is 1.96. The summed E-state index contributed by atoms with van der Waals surface area (Å²) in [7, 11) is -3.06. The summed E-state index contributed by atoms with van der Waals surface area (Å²) in [5.41, 5.74) is 0.551. The molecule has 1 aliphatic rings. The SMILES string of the molecule is CCCOc1ccc(C(=O)N(Cc2cccs2)[C@H]2CCS(=O)(=O)C2)cc1. The standard InChI is InChI=1S/C19H23NO4S2/c1-2-10-24-17-7-5-15(6-8-17)19(21)20(13-18-4-3-11-25-18)16-9-12-26(22,23)14-16/h3-8,11,16H,2,9-10,12-14H2,1H3/t16-/m0/s1. The van der Waals surface area contributed by atoms with Crippen molar-refractivity contribution >= 4 is 27.1 Å². The Morgan fingerprint density at radius 3 is 2.62 bits per heavy atom. The first kappa shape index (κ1) is 18.9. The van der Waals surface area contributed by atoms with Crippen LogP contribution in [0.3, 0.4) is 0 Å². The lowest BCUT2D eigenvalue weighted by Crippen LogP contribution is -2.40. The van der Waals surface area contributed by atoms with Gasteiger partial charge in [0.1, 0.15) is 5.75 Å². The Morgan fingerprint density at radius 1 is 1.27 bits per heavy atom. The maximum atomic E-state index is 13.1. The lowest BCUT2D eigenvalue weighted by Gasteiger charge is -2.28. The normalized spacial score (nSPS) is 18.6. The van der Waals surface area contributed by atoms with Gasteiger partial charge in [0, 0.05) is 16.5 Å². The first-order valence-corrected chi connectivity index (χ1v) is 11.5. The van der Waals surface area contributed by atoms with Crippen molar-refractivity contribution in [1.29, 1.82) is 0 Å². The Morgan fingerprint density at radius 2 is 2.04 bits per heavy atom. The second-order valence-corrected chi connectivity index (χ2v) is 9.70. The molecule has 0 aliphatic carbocycles. The smallest absolute Gasteiger partial charge is 0.254 e. The van der Waals surface area contributed by atoms with E-state index in [4.69, 9.17) is 4.74 Å². The fourth-order valence-electron chi connectivity index (χ4n) is 3.04. The van der Waals surface area contributed by atoms with Crippen LogP contribution in [-0.2, 0) is 16.4 Å². The van der Waals surface area contributed by atoms with Gasteiger partial charge in [0.25, 0.3) is 5.91 Å². The van der Waals surface area contributed by atoms with Crippen LogP contribution in [0.15, 0.2) is 41.8 Å². The van der Waals surface area contributed by atoms with E-state index in [-0.39, 0.29) is 23.5 Å². The average Bonchev–Trinajstić information content (AvgIpc) is 3.27. The fourth-order valence-corrected chi connectivity index (χ4v) is 5.47. The topological polar surface area (TPSA) is 63.7 Å². The predicted molar refractivity (Wildman–Crippen MR) is 103 cm³/mol. The molecule has 5 nitrogen and oxygen atoms in total. The third-order valence-electron chi connectivity index (χ3n) is 4.39. The van der Waals surface area contributed by atoms with E-state index in [1.54, 1.807) is 40.5 Å². The molecule has 1 aromatic carbocycles. The predicted octanol–water partition coefficient (Wildman–Crippen LogP) is 3.37. The molecule has 0 unspecified atom stereocenters. The molecule has 1 aromatic heterocycles. The van der Waals surface area contributed by atoms with E-state index in [0.717, 1.165) is 17.0 Å². The summed E-state index contributed by atoms with van der Waals surface area (Å²) >= 11 is 1.57. The molecule has 26 heavy (non-hydrogen) atoms. The minimum Gasteiger partial charge on any atom is -0.494 e. The van der Waals surface area contributed by atoms with Crippen LogP contribution in [0.1, 0.15) is 35.0 Å². The van der Waals surface area contributed by atoms with Crippen molar-refractivity contribution < 1.29 is 17.9 Å². The van der Waals surface area contributed by atoms with Crippen LogP contribution in [0.5, 0.6) is 5.75 Å². The molecule has 1 amide bonds. The molecule has 1 atom stereocenters. The molecular weight excluding hydrogens is 370 g/mol. The van der Waals surface area contributed by atoms with Crippen molar-refractivity contribution in [1.82, 2.24) is 4.90 Å². The highest BCUT2D eigenvalue weighted by Crippen LogP contribution is 2.24. The number of carbonyl (C=O) groups is 1. The molecule has 7 heteroatoms. The maximum Gasteiger partial charge on any atom is 0.254 e. The van der Waals surface area contributed by atoms with Gasteiger partial charge < -0.3 is 9.64 Å². The van der Waals surface area contributed by atoms with Crippen LogP contribution in [-0.4, -0.2) is 43.4 Å². The van der Waals surface area contributed by atoms with Gasteiger partial charge in [-0.15, -0.1) is 11.3 Å². The Kier molecular flexibility index (Phi) is 5.98. The summed E-state index contributed by atoms with van der Waals surface area (Å²) in [5.74, 6) is 0.788. The molecule has 0 spiro atoms. The second kappa shape index (κ2) is 8.22. The highest BCUT2D eigenvalue weighted by atomic mass is 32.2. The van der Waals surface area contributed by atoms with Gasteiger partial charge in [0.15, 0.2) is 9.84 Å². The van der Waals surface area contributed by atoms with E-state index in [1.807, 2.05) is 24.4 Å². The minimum absolute atomic E-state index is 0.0435. The Bertz CT molecular complexity index is 829. The number of carbonyl (C=O) groups excluding carboxylic acids is 1. The van der Waals surface area contributed by atoms with Gasteiger partial charge in [-0.25, -0.2) is 8.42 Å². The number of nitrogens with zero attached hydrogens (tertiary/aromatic N) is 1. The zero-order valence-corrected chi connectivity index (χ0v) is 16.4. The van der Waals surface area contributed by atoms with Gasteiger partial charge >= 0.3 is 0 Å². The Hall–Kier alpha value is -1.86. The Balaban J connectivity index is 1.80. The number of thiophene rings is 1. The van der Waals surface area contributed by atoms with E-state index in [2.05, 4.69) is 0 Å². The van der Waals surface area contributed by atoms with E-state index in [9.17, 15) is 13.2 Å². The molecule has 2 heterocycles. The van der Waals surface area contributed by atoms with Crippen LogP contribution in [0.2, 0.25) is 0 Å². The van der Waals surface area contributed by atoms with Crippen LogP contribution < -0.4 is 4.74 Å². The molecule has 2 aromatic rings. The van der Waals surface area contributed by atoms with Crippen molar-refractivity contribution in [3.05, 3.63) is 52.2 Å². The van der Waals surface area contributed by atoms with Gasteiger partial charge in [-0.05, 0) is 48.6 Å². The van der Waals surface area contributed by atoms with E-state index in [1.165, 1.54) is 0 Å². The second-order valence-electron chi connectivity index (χ2n) is 6.44. The summed E-state index contributed by atoms with van der Waals surface area (Å²) in [6, 6.07) is 10.7. The van der Waals surface area contributed by atoms with Crippen LogP contribution in [0.25, 0.3) is 0 Å². The van der Waals surface area contributed by atoms with Crippen LogP contribution in [0.4, 0.5) is 0 Å². The summed E-state index contributed by atoms with van der Waals surface area (Å²) in [6.45, 7) is 3.11. The summed E-state index contributed by atoms with van der Waals surface area (Å²) < 4.78 is 29.4. The van der Waals surface area contributed by atoms with Crippen molar-refractivity contribution in [2.24, 2.45) is 0 Å². The number of ether oxygens (including phenoxy) is 1. The first-order chi connectivity index (χ1) is 12.5. The molecular formula is C19H23NO4S2. The van der Waals surface area contributed by atoms with Gasteiger partial charge in [-0.2, -0.15) is 0 Å². The van der Waals surface area contributed by atoms with Crippen LogP contribution in [0, 0.1) is 0 Å². The molecule has 0 saturated carbocycles. The number of hydrogen-bond acceptors (Lipinski definition) is 5. The van der Waals surface area contributed by atoms with E-state index < -0.39 is 9.84 Å². The van der Waals surface area contributed by atoms with E-state index >= 15 is 0 Å². The lowest BCUT2D eigenvalue weighted by atomic mass is 10.1. The first-order valence-electron chi connectivity index (χ1n) is 8.75.